The predicted octanol–water partition coefficient (Wildman–Crippen LogP) is 2.26. The van der Waals surface area contributed by atoms with Gasteiger partial charge < -0.3 is 15.2 Å². The summed E-state index contributed by atoms with van der Waals surface area (Å²) in [4.78, 5) is 36.1. The number of hydrogen-bond donors (Lipinski definition) is 2. The SMILES string of the molecule is COc1ccc2c(c1)CCc1cc(C(=O)OC(C)C(=O)NC(N)=O)sc1-2. The lowest BCUT2D eigenvalue weighted by Crippen LogP contribution is -2.42. The number of methoxy groups -OCH3 is 1. The number of thiophene rings is 1. The molecule has 1 unspecified atom stereocenters. The van der Waals surface area contributed by atoms with Gasteiger partial charge >= 0.3 is 12.0 Å². The topological polar surface area (TPSA) is 108 Å². The highest BCUT2D eigenvalue weighted by molar-refractivity contribution is 7.17. The zero-order valence-electron chi connectivity index (χ0n) is 14.3. The summed E-state index contributed by atoms with van der Waals surface area (Å²) in [6.07, 6.45) is 0.560. The molecule has 1 aromatic carbocycles. The van der Waals surface area contributed by atoms with Crippen molar-refractivity contribution in [2.75, 3.05) is 7.11 Å². The van der Waals surface area contributed by atoms with E-state index in [0.29, 0.717) is 4.88 Å². The van der Waals surface area contributed by atoms with E-state index in [1.807, 2.05) is 23.5 Å². The molecule has 1 aliphatic carbocycles. The fourth-order valence-corrected chi connectivity index (χ4v) is 3.99. The first-order valence-electron chi connectivity index (χ1n) is 8.00. The number of hydrogen-bond acceptors (Lipinski definition) is 6. The minimum Gasteiger partial charge on any atom is -0.497 e. The van der Waals surface area contributed by atoms with Crippen molar-refractivity contribution in [3.05, 3.63) is 40.3 Å². The third kappa shape index (κ3) is 3.55. The summed E-state index contributed by atoms with van der Waals surface area (Å²) in [6, 6.07) is 6.69. The van der Waals surface area contributed by atoms with Crippen LogP contribution in [0.2, 0.25) is 0 Å². The largest absolute Gasteiger partial charge is 0.497 e. The summed E-state index contributed by atoms with van der Waals surface area (Å²) in [7, 11) is 1.63. The smallest absolute Gasteiger partial charge is 0.349 e. The van der Waals surface area contributed by atoms with Crippen LogP contribution in [-0.2, 0) is 22.4 Å². The number of fused-ring (bicyclic) bond motifs is 3. The van der Waals surface area contributed by atoms with E-state index in [1.165, 1.54) is 23.8 Å². The second-order valence-corrected chi connectivity index (χ2v) is 6.94. The van der Waals surface area contributed by atoms with Crippen LogP contribution in [0.5, 0.6) is 5.75 Å². The maximum atomic E-state index is 12.3. The van der Waals surface area contributed by atoms with E-state index in [4.69, 9.17) is 15.2 Å². The van der Waals surface area contributed by atoms with E-state index >= 15 is 0 Å². The standard InChI is InChI=1S/C18H18N2O5S/c1-9(16(21)20-18(19)23)25-17(22)14-8-11-4-3-10-7-12(24-2)5-6-13(10)15(11)26-14/h5-9H,3-4H2,1-2H3,(H3,19,20,21,23). The molecule has 136 valence electrons. The Labute approximate surface area is 154 Å². The molecular formula is C18H18N2O5S. The van der Waals surface area contributed by atoms with E-state index in [-0.39, 0.29) is 0 Å². The van der Waals surface area contributed by atoms with Crippen LogP contribution in [0.1, 0.15) is 27.7 Å². The van der Waals surface area contributed by atoms with Crippen LogP contribution < -0.4 is 15.8 Å². The van der Waals surface area contributed by atoms with Crippen LogP contribution >= 0.6 is 11.3 Å². The van der Waals surface area contributed by atoms with E-state index in [2.05, 4.69) is 0 Å². The molecule has 0 fully saturated rings. The number of urea groups is 1. The van der Waals surface area contributed by atoms with E-state index in [1.54, 1.807) is 13.2 Å². The first-order valence-corrected chi connectivity index (χ1v) is 8.82. The molecule has 1 aromatic heterocycles. The Morgan fingerprint density at radius 3 is 2.62 bits per heavy atom. The Morgan fingerprint density at radius 1 is 1.19 bits per heavy atom. The lowest BCUT2D eigenvalue weighted by Gasteiger charge is -2.16. The molecule has 1 aliphatic rings. The number of carbonyl (C=O) groups excluding carboxylic acids is 3. The van der Waals surface area contributed by atoms with Crippen LogP contribution in [-0.4, -0.2) is 31.1 Å². The molecule has 3 rings (SSSR count). The quantitative estimate of drug-likeness (QED) is 0.798. The third-order valence-corrected chi connectivity index (χ3v) is 5.32. The average Bonchev–Trinajstić information content (AvgIpc) is 3.05. The number of benzene rings is 1. The molecule has 0 radical (unpaired) electrons. The van der Waals surface area contributed by atoms with Gasteiger partial charge in [-0.25, -0.2) is 9.59 Å². The van der Waals surface area contributed by atoms with Gasteiger partial charge in [-0.15, -0.1) is 11.3 Å². The normalized spacial score (nSPS) is 13.2. The van der Waals surface area contributed by atoms with Gasteiger partial charge in [-0.05, 0) is 60.7 Å². The molecule has 3 N–H and O–H groups in total. The Kier molecular flexibility index (Phi) is 4.94. The number of ether oxygens (including phenoxy) is 2. The van der Waals surface area contributed by atoms with Gasteiger partial charge in [0.1, 0.15) is 10.6 Å². The highest BCUT2D eigenvalue weighted by Crippen LogP contribution is 2.41. The Balaban J connectivity index is 1.79. The molecule has 0 aliphatic heterocycles. The molecule has 8 heteroatoms. The molecule has 2 aromatic rings. The summed E-state index contributed by atoms with van der Waals surface area (Å²) in [5.41, 5.74) is 8.22. The highest BCUT2D eigenvalue weighted by Gasteiger charge is 2.25. The summed E-state index contributed by atoms with van der Waals surface area (Å²) in [5.74, 6) is -0.561. The zero-order valence-corrected chi connectivity index (χ0v) is 15.1. The zero-order chi connectivity index (χ0) is 18.8. The van der Waals surface area contributed by atoms with Crippen LogP contribution in [0.3, 0.4) is 0 Å². The van der Waals surface area contributed by atoms with Crippen molar-refractivity contribution in [3.63, 3.8) is 0 Å². The Hall–Kier alpha value is -2.87. The molecule has 0 bridgehead atoms. The van der Waals surface area contributed by atoms with Crippen LogP contribution in [0, 0.1) is 0 Å². The van der Waals surface area contributed by atoms with Gasteiger partial charge in [0.2, 0.25) is 0 Å². The van der Waals surface area contributed by atoms with Crippen molar-refractivity contribution in [2.24, 2.45) is 5.73 Å². The number of aryl methyl sites for hydroxylation is 2. The van der Waals surface area contributed by atoms with Crippen molar-refractivity contribution >= 4 is 29.2 Å². The fraction of sp³-hybridized carbons (Fsp3) is 0.278. The van der Waals surface area contributed by atoms with Crippen molar-refractivity contribution in [3.8, 4) is 16.2 Å². The van der Waals surface area contributed by atoms with Crippen LogP contribution in [0.15, 0.2) is 24.3 Å². The first kappa shape index (κ1) is 17.9. The van der Waals surface area contributed by atoms with E-state index in [9.17, 15) is 14.4 Å². The molecule has 3 amide bonds. The molecule has 26 heavy (non-hydrogen) atoms. The van der Waals surface area contributed by atoms with Crippen molar-refractivity contribution < 1.29 is 23.9 Å². The second kappa shape index (κ2) is 7.17. The maximum Gasteiger partial charge on any atom is 0.349 e. The Morgan fingerprint density at radius 2 is 1.92 bits per heavy atom. The molecular weight excluding hydrogens is 356 g/mol. The van der Waals surface area contributed by atoms with Gasteiger partial charge in [0.05, 0.1) is 7.11 Å². The minimum atomic E-state index is -1.12. The fourth-order valence-electron chi connectivity index (χ4n) is 2.83. The number of rotatable bonds is 4. The number of carbonyl (C=O) groups is 3. The lowest BCUT2D eigenvalue weighted by molar-refractivity contribution is -0.127. The monoisotopic (exact) mass is 374 g/mol. The van der Waals surface area contributed by atoms with E-state index < -0.39 is 24.0 Å². The molecule has 0 spiro atoms. The summed E-state index contributed by atoms with van der Waals surface area (Å²) >= 11 is 1.33. The van der Waals surface area contributed by atoms with Crippen molar-refractivity contribution in [1.29, 1.82) is 0 Å². The summed E-state index contributed by atoms with van der Waals surface area (Å²) in [6.45, 7) is 1.38. The Bertz CT molecular complexity index is 890. The number of nitrogens with one attached hydrogen (secondary N) is 1. The van der Waals surface area contributed by atoms with Crippen LogP contribution in [0.25, 0.3) is 10.4 Å². The lowest BCUT2D eigenvalue weighted by atomic mass is 9.91. The number of amides is 3. The number of nitrogens with two attached hydrogens (primary N) is 1. The number of primary amides is 1. The van der Waals surface area contributed by atoms with Gasteiger partial charge in [0.25, 0.3) is 5.91 Å². The average molecular weight is 374 g/mol. The van der Waals surface area contributed by atoms with Crippen LogP contribution in [0.4, 0.5) is 4.79 Å². The molecule has 0 saturated carbocycles. The first-order chi connectivity index (χ1) is 12.4. The van der Waals surface area contributed by atoms with Gasteiger partial charge in [0, 0.05) is 4.88 Å². The molecule has 1 heterocycles. The highest BCUT2D eigenvalue weighted by atomic mass is 32.1. The number of esters is 1. The van der Waals surface area contributed by atoms with E-state index in [0.717, 1.165) is 34.6 Å². The molecule has 1 atom stereocenters. The van der Waals surface area contributed by atoms with Crippen molar-refractivity contribution in [1.82, 2.24) is 5.32 Å². The molecule has 0 saturated heterocycles. The third-order valence-electron chi connectivity index (χ3n) is 4.13. The van der Waals surface area contributed by atoms with Gasteiger partial charge in [-0.2, -0.15) is 0 Å². The van der Waals surface area contributed by atoms with Gasteiger partial charge in [-0.3, -0.25) is 10.1 Å². The van der Waals surface area contributed by atoms with Gasteiger partial charge in [0.15, 0.2) is 6.10 Å². The number of imide groups is 1. The second-order valence-electron chi connectivity index (χ2n) is 5.89. The molecule has 7 nitrogen and oxygen atoms in total. The minimum absolute atomic E-state index is 0.414. The summed E-state index contributed by atoms with van der Waals surface area (Å²) in [5, 5.41) is 1.89. The predicted molar refractivity (Wildman–Crippen MR) is 96.3 cm³/mol. The maximum absolute atomic E-state index is 12.3. The summed E-state index contributed by atoms with van der Waals surface area (Å²) < 4.78 is 10.4. The van der Waals surface area contributed by atoms with Gasteiger partial charge in [-0.1, -0.05) is 0 Å². The van der Waals surface area contributed by atoms with Crippen molar-refractivity contribution in [2.45, 2.75) is 25.9 Å².